The molecule has 7 heteroatoms. The van der Waals surface area contributed by atoms with Crippen LogP contribution < -0.4 is 5.32 Å². The minimum absolute atomic E-state index is 0.00626. The molecule has 44 heavy (non-hydrogen) atoms. The lowest BCUT2D eigenvalue weighted by Crippen LogP contribution is -2.64. The van der Waals surface area contributed by atoms with E-state index in [0.29, 0.717) is 17.8 Å². The standard InChI is InChI=1S/C37H54N2O5/c1-22(2)31(42)38-28-16-17-36-20-37(36)27(15-14-26(36)33(28,4)21-40)34(5)18-25(44-32(43)24-12-10-9-11-13-24)30(23(3)39(7)8)35(34,6)19-29(37)41/h9-13,22-23,25-28,30,40H,14-21H2,1-8H3,(H,38,42)/t23-,25+,26-,27-,28-,30-,33-,34-,35+,36+,37+/m0/s1. The SMILES string of the molecule is CC(C)C(=O)N[C@H]1CC[C@]23C[C@@]24C(=O)C[C@]2(C)[C@@H]([C@H](C)N(C)C)[C@H](OC(=O)c5ccccc5)C[C@@]2(C)[C@@H]4CC[C@H]3[C@]1(C)CO. The second kappa shape index (κ2) is 10.4. The van der Waals surface area contributed by atoms with Gasteiger partial charge < -0.3 is 20.1 Å². The molecule has 5 saturated carbocycles. The lowest BCUT2D eigenvalue weighted by molar-refractivity contribution is -0.173. The average Bonchev–Trinajstić information content (AvgIpc) is 3.62. The first-order valence-electron chi connectivity index (χ1n) is 17.0. The Balaban J connectivity index is 1.36. The molecular formula is C37H54N2O5. The number of rotatable bonds is 7. The van der Waals surface area contributed by atoms with Crippen molar-refractivity contribution in [3.63, 3.8) is 0 Å². The molecule has 1 aromatic rings. The maximum absolute atomic E-state index is 14.8. The molecule has 1 aromatic carbocycles. The van der Waals surface area contributed by atoms with E-state index in [1.165, 1.54) is 0 Å². The Hall–Kier alpha value is -2.25. The molecule has 0 unspecified atom stereocenters. The van der Waals surface area contributed by atoms with Gasteiger partial charge in [-0.05, 0) is 99.8 Å². The highest BCUT2D eigenvalue weighted by atomic mass is 16.5. The number of hydrogen-bond acceptors (Lipinski definition) is 6. The van der Waals surface area contributed by atoms with Gasteiger partial charge in [0.05, 0.1) is 12.2 Å². The van der Waals surface area contributed by atoms with Crippen molar-refractivity contribution in [3.8, 4) is 0 Å². The molecule has 0 aromatic heterocycles. The summed E-state index contributed by atoms with van der Waals surface area (Å²) in [4.78, 5) is 43.3. The van der Waals surface area contributed by atoms with E-state index in [9.17, 15) is 19.5 Å². The highest BCUT2D eigenvalue weighted by Crippen LogP contribution is 2.88. The van der Waals surface area contributed by atoms with Crippen LogP contribution in [0.1, 0.15) is 96.8 Å². The molecule has 5 aliphatic carbocycles. The van der Waals surface area contributed by atoms with Crippen LogP contribution in [0.2, 0.25) is 0 Å². The minimum atomic E-state index is -0.468. The summed E-state index contributed by atoms with van der Waals surface area (Å²) in [5.41, 5.74) is -0.917. The van der Waals surface area contributed by atoms with Crippen molar-refractivity contribution >= 4 is 17.7 Å². The number of ether oxygens (including phenoxy) is 1. The van der Waals surface area contributed by atoms with Crippen LogP contribution in [0.4, 0.5) is 0 Å². The number of amides is 1. The highest BCUT2D eigenvalue weighted by Gasteiger charge is 2.86. The number of aliphatic hydroxyl groups excluding tert-OH is 1. The van der Waals surface area contributed by atoms with Crippen LogP contribution in [0.15, 0.2) is 30.3 Å². The van der Waals surface area contributed by atoms with Gasteiger partial charge in [0.2, 0.25) is 5.91 Å². The molecule has 7 nitrogen and oxygen atoms in total. The van der Waals surface area contributed by atoms with E-state index in [0.717, 1.165) is 38.5 Å². The first-order chi connectivity index (χ1) is 20.6. The fourth-order valence-corrected chi connectivity index (χ4v) is 11.8. The molecule has 0 heterocycles. The quantitative estimate of drug-likeness (QED) is 0.398. The summed E-state index contributed by atoms with van der Waals surface area (Å²) in [6.07, 6.45) is 5.44. The molecular weight excluding hydrogens is 552 g/mol. The molecule has 6 rings (SSSR count). The largest absolute Gasteiger partial charge is 0.458 e. The molecule has 242 valence electrons. The second-order valence-corrected chi connectivity index (χ2v) is 16.6. The summed E-state index contributed by atoms with van der Waals surface area (Å²) < 4.78 is 6.44. The Kier molecular flexibility index (Phi) is 7.49. The highest BCUT2D eigenvalue weighted by molar-refractivity contribution is 5.92. The van der Waals surface area contributed by atoms with Gasteiger partial charge in [0.15, 0.2) is 0 Å². The van der Waals surface area contributed by atoms with Crippen LogP contribution in [0, 0.1) is 50.7 Å². The zero-order valence-corrected chi connectivity index (χ0v) is 28.1. The van der Waals surface area contributed by atoms with Crippen molar-refractivity contribution in [1.82, 2.24) is 10.2 Å². The molecule has 0 radical (unpaired) electrons. The lowest BCUT2D eigenvalue weighted by atomic mass is 9.41. The van der Waals surface area contributed by atoms with E-state index >= 15 is 0 Å². The molecule has 0 saturated heterocycles. The van der Waals surface area contributed by atoms with Gasteiger partial charge in [0, 0.05) is 41.2 Å². The molecule has 2 N–H and O–H groups in total. The number of benzene rings is 1. The number of aliphatic hydroxyl groups is 1. The summed E-state index contributed by atoms with van der Waals surface area (Å²) in [5, 5.41) is 14.2. The minimum Gasteiger partial charge on any atom is -0.458 e. The third-order valence-corrected chi connectivity index (χ3v) is 14.5. The molecule has 0 bridgehead atoms. The zero-order chi connectivity index (χ0) is 32.0. The number of ketones is 1. The van der Waals surface area contributed by atoms with E-state index in [1.54, 1.807) is 0 Å². The normalized spacial score (nSPS) is 44.7. The molecule has 11 atom stereocenters. The first kappa shape index (κ1) is 31.7. The smallest absolute Gasteiger partial charge is 0.338 e. The van der Waals surface area contributed by atoms with E-state index in [4.69, 9.17) is 4.74 Å². The van der Waals surface area contributed by atoms with Crippen LogP contribution in [0.5, 0.6) is 0 Å². The third-order valence-electron chi connectivity index (χ3n) is 14.5. The van der Waals surface area contributed by atoms with Gasteiger partial charge in [0.25, 0.3) is 0 Å². The molecule has 5 aliphatic rings. The van der Waals surface area contributed by atoms with Gasteiger partial charge in [-0.1, -0.05) is 52.8 Å². The van der Waals surface area contributed by atoms with Gasteiger partial charge in [0.1, 0.15) is 11.9 Å². The van der Waals surface area contributed by atoms with Crippen LogP contribution in [0.25, 0.3) is 0 Å². The first-order valence-corrected chi connectivity index (χ1v) is 17.0. The van der Waals surface area contributed by atoms with Crippen molar-refractivity contribution in [1.29, 1.82) is 0 Å². The van der Waals surface area contributed by atoms with Crippen molar-refractivity contribution < 1.29 is 24.2 Å². The fourth-order valence-electron chi connectivity index (χ4n) is 11.8. The van der Waals surface area contributed by atoms with E-state index in [-0.39, 0.29) is 76.6 Å². The van der Waals surface area contributed by atoms with Crippen molar-refractivity contribution in [3.05, 3.63) is 35.9 Å². The van der Waals surface area contributed by atoms with Gasteiger partial charge >= 0.3 is 5.97 Å². The number of Topliss-reactive ketones (excluding diaryl/α,β-unsaturated/α-hetero) is 1. The number of fused-ring (bicyclic) bond motifs is 2. The Morgan fingerprint density at radius 3 is 2.30 bits per heavy atom. The van der Waals surface area contributed by atoms with E-state index < -0.39 is 10.8 Å². The zero-order valence-electron chi connectivity index (χ0n) is 28.1. The summed E-state index contributed by atoms with van der Waals surface area (Å²) in [5.74, 6) is 0.439. The number of nitrogens with zero attached hydrogens (tertiary/aromatic N) is 1. The third kappa shape index (κ3) is 4.03. The average molecular weight is 607 g/mol. The predicted octanol–water partition coefficient (Wildman–Crippen LogP) is 5.50. The summed E-state index contributed by atoms with van der Waals surface area (Å²) in [6, 6.07) is 9.28. The number of esters is 1. The van der Waals surface area contributed by atoms with Crippen LogP contribution in [-0.2, 0) is 14.3 Å². The van der Waals surface area contributed by atoms with Crippen LogP contribution >= 0.6 is 0 Å². The van der Waals surface area contributed by atoms with E-state index in [2.05, 4.69) is 52.0 Å². The Morgan fingerprint density at radius 1 is 1.02 bits per heavy atom. The predicted molar refractivity (Wildman–Crippen MR) is 170 cm³/mol. The summed E-state index contributed by atoms with van der Waals surface area (Å²) in [7, 11) is 4.17. The van der Waals surface area contributed by atoms with Crippen molar-refractivity contribution in [2.24, 2.45) is 50.7 Å². The van der Waals surface area contributed by atoms with Gasteiger partial charge in [-0.3, -0.25) is 9.59 Å². The topological polar surface area (TPSA) is 95.9 Å². The molecule has 1 amide bonds. The Bertz CT molecular complexity index is 1330. The number of carbonyl (C=O) groups is 3. The van der Waals surface area contributed by atoms with Gasteiger partial charge in [-0.2, -0.15) is 0 Å². The maximum Gasteiger partial charge on any atom is 0.338 e. The lowest BCUT2D eigenvalue weighted by Gasteiger charge is -2.62. The summed E-state index contributed by atoms with van der Waals surface area (Å²) >= 11 is 0. The van der Waals surface area contributed by atoms with Crippen LogP contribution in [0.3, 0.4) is 0 Å². The number of carbonyl (C=O) groups excluding carboxylic acids is 3. The summed E-state index contributed by atoms with van der Waals surface area (Å²) in [6.45, 7) is 12.9. The Morgan fingerprint density at radius 2 is 1.68 bits per heavy atom. The van der Waals surface area contributed by atoms with Crippen molar-refractivity contribution in [2.45, 2.75) is 105 Å². The van der Waals surface area contributed by atoms with E-state index in [1.807, 2.05) is 44.2 Å². The van der Waals surface area contributed by atoms with Crippen molar-refractivity contribution in [2.75, 3.05) is 20.7 Å². The second-order valence-electron chi connectivity index (χ2n) is 16.6. The van der Waals surface area contributed by atoms with Gasteiger partial charge in [-0.15, -0.1) is 0 Å². The monoisotopic (exact) mass is 606 g/mol. The Labute approximate surface area is 263 Å². The maximum atomic E-state index is 14.8. The molecule has 0 aliphatic heterocycles. The number of nitrogens with one attached hydrogen (secondary N) is 1. The fraction of sp³-hybridized carbons (Fsp3) is 0.757. The molecule has 5 fully saturated rings. The van der Waals surface area contributed by atoms with Gasteiger partial charge in [-0.25, -0.2) is 4.79 Å². The number of hydrogen-bond donors (Lipinski definition) is 2. The van der Waals surface area contributed by atoms with Crippen LogP contribution in [-0.4, -0.2) is 66.6 Å². The molecule has 2 spiro atoms.